The minimum absolute atomic E-state index is 0.0328. The Morgan fingerprint density at radius 3 is 1.55 bits per heavy atom. The molecule has 0 aromatic carbocycles. The Balaban J connectivity index is 4.21. The second kappa shape index (κ2) is 42.8. The quantitative estimate of drug-likeness (QED) is 0.0239. The van der Waals surface area contributed by atoms with Gasteiger partial charge in [-0.1, -0.05) is 158 Å². The van der Waals surface area contributed by atoms with Gasteiger partial charge >= 0.3 is 13.8 Å². The van der Waals surface area contributed by atoms with Crippen molar-refractivity contribution < 1.29 is 43.0 Å². The SMILES string of the molecule is CC/C=C\C/C=C\C/C=C\C/C=C\CCCCCCCOCC(COP(=O)(O)OCC(O)CO)OC(=O)CCCCCCCCC/C=C\CCCCCCCC. The number of carbonyl (C=O) groups is 1. The van der Waals surface area contributed by atoms with E-state index in [1.54, 1.807) is 0 Å². The van der Waals surface area contributed by atoms with Crippen molar-refractivity contribution >= 4 is 13.8 Å². The summed E-state index contributed by atoms with van der Waals surface area (Å²) in [4.78, 5) is 22.6. The molecule has 0 bridgehead atoms. The van der Waals surface area contributed by atoms with E-state index in [1.807, 2.05) is 0 Å². The van der Waals surface area contributed by atoms with Crippen molar-refractivity contribution in [2.45, 2.75) is 193 Å². The predicted octanol–water partition coefficient (Wildman–Crippen LogP) is 12.4. The highest BCUT2D eigenvalue weighted by atomic mass is 31.2. The van der Waals surface area contributed by atoms with Crippen molar-refractivity contribution in [2.24, 2.45) is 0 Å². The van der Waals surface area contributed by atoms with E-state index in [0.29, 0.717) is 6.61 Å². The Bertz CT molecular complexity index is 1060. The van der Waals surface area contributed by atoms with Gasteiger partial charge in [-0.25, -0.2) is 4.57 Å². The lowest BCUT2D eigenvalue weighted by Crippen LogP contribution is -2.29. The van der Waals surface area contributed by atoms with Crippen molar-refractivity contribution in [3.05, 3.63) is 60.8 Å². The fourth-order valence-corrected chi connectivity index (χ4v) is 6.60. The normalized spacial score (nSPS) is 14.6. The highest BCUT2D eigenvalue weighted by Crippen LogP contribution is 2.43. The number of phosphoric ester groups is 1. The maximum atomic E-state index is 12.6. The van der Waals surface area contributed by atoms with Gasteiger partial charge in [-0.15, -0.1) is 0 Å². The van der Waals surface area contributed by atoms with Crippen LogP contribution in [0.25, 0.3) is 0 Å². The van der Waals surface area contributed by atoms with Gasteiger partial charge in [0.15, 0.2) is 0 Å². The Labute approximate surface area is 342 Å². The van der Waals surface area contributed by atoms with Crippen molar-refractivity contribution in [2.75, 3.05) is 33.0 Å². The molecule has 0 aliphatic carbocycles. The zero-order chi connectivity index (χ0) is 41.1. The number of esters is 1. The molecule has 10 heteroatoms. The molecule has 56 heavy (non-hydrogen) atoms. The van der Waals surface area contributed by atoms with Gasteiger partial charge in [-0.05, 0) is 77.0 Å². The molecule has 0 fully saturated rings. The molecular formula is C46H83O9P. The molecule has 0 saturated heterocycles. The smallest absolute Gasteiger partial charge is 0.457 e. The summed E-state index contributed by atoms with van der Waals surface area (Å²) >= 11 is 0. The minimum atomic E-state index is -4.53. The van der Waals surface area contributed by atoms with Crippen LogP contribution in [-0.2, 0) is 27.9 Å². The highest BCUT2D eigenvalue weighted by molar-refractivity contribution is 7.47. The summed E-state index contributed by atoms with van der Waals surface area (Å²) in [7, 11) is -4.53. The first-order chi connectivity index (χ1) is 27.3. The van der Waals surface area contributed by atoms with Crippen LogP contribution < -0.4 is 0 Å². The molecule has 9 nitrogen and oxygen atoms in total. The average molecular weight is 811 g/mol. The molecule has 0 rings (SSSR count). The van der Waals surface area contributed by atoms with Crippen LogP contribution in [0.5, 0.6) is 0 Å². The lowest BCUT2D eigenvalue weighted by atomic mass is 10.1. The maximum Gasteiger partial charge on any atom is 0.472 e. The van der Waals surface area contributed by atoms with Gasteiger partial charge in [0.2, 0.25) is 0 Å². The largest absolute Gasteiger partial charge is 0.472 e. The fourth-order valence-electron chi connectivity index (χ4n) is 5.81. The van der Waals surface area contributed by atoms with E-state index in [-0.39, 0.29) is 19.6 Å². The molecule has 0 heterocycles. The molecule has 0 amide bonds. The van der Waals surface area contributed by atoms with Crippen LogP contribution in [0.3, 0.4) is 0 Å². The predicted molar refractivity (Wildman–Crippen MR) is 233 cm³/mol. The van der Waals surface area contributed by atoms with Gasteiger partial charge in [0.1, 0.15) is 12.2 Å². The van der Waals surface area contributed by atoms with Gasteiger partial charge < -0.3 is 24.6 Å². The van der Waals surface area contributed by atoms with E-state index >= 15 is 0 Å². The van der Waals surface area contributed by atoms with Crippen LogP contribution in [0.2, 0.25) is 0 Å². The summed E-state index contributed by atoms with van der Waals surface area (Å²) in [5.74, 6) is -0.396. The van der Waals surface area contributed by atoms with E-state index in [1.165, 1.54) is 64.2 Å². The van der Waals surface area contributed by atoms with Crippen LogP contribution >= 0.6 is 7.82 Å². The second-order valence-corrected chi connectivity index (χ2v) is 16.1. The van der Waals surface area contributed by atoms with Gasteiger partial charge in [-0.2, -0.15) is 0 Å². The molecule has 3 unspecified atom stereocenters. The summed E-state index contributed by atoms with van der Waals surface area (Å²) in [5.41, 5.74) is 0. The average Bonchev–Trinajstić information content (AvgIpc) is 3.19. The molecule has 0 spiro atoms. The first-order valence-corrected chi connectivity index (χ1v) is 23.8. The van der Waals surface area contributed by atoms with Gasteiger partial charge in [-0.3, -0.25) is 13.8 Å². The highest BCUT2D eigenvalue weighted by Gasteiger charge is 2.26. The number of hydrogen-bond donors (Lipinski definition) is 3. The Kier molecular flexibility index (Phi) is 41.4. The third kappa shape index (κ3) is 41.8. The first-order valence-electron chi connectivity index (χ1n) is 22.3. The summed E-state index contributed by atoms with van der Waals surface area (Å²) in [5, 5.41) is 18.4. The number of allylic oxidation sites excluding steroid dienone is 10. The Hall–Kier alpha value is -1.84. The van der Waals surface area contributed by atoms with Gasteiger partial charge in [0, 0.05) is 13.0 Å². The van der Waals surface area contributed by atoms with Gasteiger partial charge in [0.25, 0.3) is 0 Å². The van der Waals surface area contributed by atoms with Crippen LogP contribution in [0.1, 0.15) is 181 Å². The summed E-state index contributed by atoms with van der Waals surface area (Å²) in [6, 6.07) is 0. The number of phosphoric acid groups is 1. The minimum Gasteiger partial charge on any atom is -0.457 e. The number of aliphatic hydroxyl groups is 2. The standard InChI is InChI=1S/C46H83O9P/c1-3-5-7-9-11-13-15-17-19-21-23-25-27-29-31-33-35-37-39-52-42-45(43-54-56(50,51)53-41-44(48)40-47)55-46(49)38-36-34-32-30-28-26-24-22-20-18-16-14-12-10-8-6-4-2/h5,7,11,13,17-20,23,25,44-45,47-48H,3-4,6,8-10,12,14-16,21-22,24,26-43H2,1-2H3,(H,50,51)/b7-5-,13-11-,19-17-,20-18-,25-23-. The Morgan fingerprint density at radius 1 is 0.571 bits per heavy atom. The van der Waals surface area contributed by atoms with E-state index in [4.69, 9.17) is 23.6 Å². The van der Waals surface area contributed by atoms with Crippen molar-refractivity contribution in [3.63, 3.8) is 0 Å². The van der Waals surface area contributed by atoms with E-state index in [9.17, 15) is 19.4 Å². The number of ether oxygens (including phenoxy) is 2. The zero-order valence-corrected chi connectivity index (χ0v) is 36.5. The number of carbonyl (C=O) groups excluding carboxylic acids is 1. The summed E-state index contributed by atoms with van der Waals surface area (Å²) < 4.78 is 33.4. The number of unbranched alkanes of at least 4 members (excludes halogenated alkanes) is 18. The summed E-state index contributed by atoms with van der Waals surface area (Å²) in [6.07, 6.45) is 48.9. The molecule has 326 valence electrons. The fraction of sp³-hybridized carbons (Fsp3) is 0.761. The van der Waals surface area contributed by atoms with E-state index in [2.05, 4.69) is 74.6 Å². The molecule has 0 aromatic heterocycles. The van der Waals surface area contributed by atoms with Crippen LogP contribution in [-0.4, -0.2) is 66.3 Å². The molecule has 0 aromatic rings. The molecule has 0 aliphatic rings. The maximum absolute atomic E-state index is 12.6. The monoisotopic (exact) mass is 811 g/mol. The number of aliphatic hydroxyl groups excluding tert-OH is 2. The van der Waals surface area contributed by atoms with E-state index in [0.717, 1.165) is 96.3 Å². The van der Waals surface area contributed by atoms with Crippen LogP contribution in [0, 0.1) is 0 Å². The molecule has 0 aliphatic heterocycles. The van der Waals surface area contributed by atoms with Gasteiger partial charge in [0.05, 0.1) is 26.4 Å². The molecular weight excluding hydrogens is 727 g/mol. The van der Waals surface area contributed by atoms with E-state index < -0.39 is 39.2 Å². The third-order valence-electron chi connectivity index (χ3n) is 9.19. The first kappa shape index (κ1) is 54.2. The molecule has 0 radical (unpaired) electrons. The van der Waals surface area contributed by atoms with Crippen molar-refractivity contribution in [3.8, 4) is 0 Å². The number of hydrogen-bond acceptors (Lipinski definition) is 8. The van der Waals surface area contributed by atoms with Crippen molar-refractivity contribution in [1.29, 1.82) is 0 Å². The lowest BCUT2D eigenvalue weighted by molar-refractivity contribution is -0.154. The molecule has 3 atom stereocenters. The van der Waals surface area contributed by atoms with Crippen LogP contribution in [0.15, 0.2) is 60.8 Å². The molecule has 0 saturated carbocycles. The second-order valence-electron chi connectivity index (χ2n) is 14.7. The zero-order valence-electron chi connectivity index (χ0n) is 35.6. The lowest BCUT2D eigenvalue weighted by Gasteiger charge is -2.20. The molecule has 3 N–H and O–H groups in total. The number of rotatable bonds is 42. The Morgan fingerprint density at radius 2 is 1.02 bits per heavy atom. The summed E-state index contributed by atoms with van der Waals surface area (Å²) in [6.45, 7) is 3.35. The van der Waals surface area contributed by atoms with Crippen molar-refractivity contribution in [1.82, 2.24) is 0 Å². The topological polar surface area (TPSA) is 132 Å². The van der Waals surface area contributed by atoms with Crippen LogP contribution in [0.4, 0.5) is 0 Å². The third-order valence-corrected chi connectivity index (χ3v) is 10.1.